The van der Waals surface area contributed by atoms with E-state index in [0.717, 1.165) is 6.42 Å². The van der Waals surface area contributed by atoms with Crippen molar-refractivity contribution in [2.24, 2.45) is 5.41 Å². The largest absolute Gasteiger partial charge is 0.480 e. The third-order valence-electron chi connectivity index (χ3n) is 2.73. The summed E-state index contributed by atoms with van der Waals surface area (Å²) >= 11 is 0. The van der Waals surface area contributed by atoms with Crippen LogP contribution in [0.3, 0.4) is 0 Å². The Morgan fingerprint density at radius 2 is 2.00 bits per heavy atom. The predicted molar refractivity (Wildman–Crippen MR) is 64.7 cm³/mol. The number of carbonyl (C=O) groups is 2. The Morgan fingerprint density at radius 1 is 1.35 bits per heavy atom. The van der Waals surface area contributed by atoms with E-state index in [1.165, 1.54) is 0 Å². The second kappa shape index (κ2) is 5.21. The maximum atomic E-state index is 11.9. The van der Waals surface area contributed by atoms with E-state index < -0.39 is 17.4 Å². The van der Waals surface area contributed by atoms with Gasteiger partial charge in [0.2, 0.25) is 0 Å². The standard InChI is InChI=1S/C12H20N2O3/c1-12(2,3)9(10(15)16)13-11(17)14-7-5-4-6-8-14/h4-5,9H,6-8H2,1-3H3,(H,13,17)(H,15,16)/t9-/m0/s1. The highest BCUT2D eigenvalue weighted by atomic mass is 16.4. The van der Waals surface area contributed by atoms with Crippen molar-refractivity contribution in [1.29, 1.82) is 0 Å². The van der Waals surface area contributed by atoms with Crippen molar-refractivity contribution in [3.63, 3.8) is 0 Å². The van der Waals surface area contributed by atoms with Gasteiger partial charge in [0.15, 0.2) is 0 Å². The molecule has 0 aromatic carbocycles. The minimum Gasteiger partial charge on any atom is -0.480 e. The number of nitrogens with one attached hydrogen (secondary N) is 1. The molecule has 1 rings (SSSR count). The Kier molecular flexibility index (Phi) is 4.15. The van der Waals surface area contributed by atoms with E-state index in [9.17, 15) is 9.59 Å². The average Bonchev–Trinajstić information content (AvgIpc) is 2.24. The number of nitrogens with zero attached hydrogens (tertiary/aromatic N) is 1. The Labute approximate surface area is 101 Å². The number of carboxylic acids is 1. The van der Waals surface area contributed by atoms with E-state index in [2.05, 4.69) is 5.32 Å². The zero-order chi connectivity index (χ0) is 13.1. The van der Waals surface area contributed by atoms with Crippen LogP contribution in [0.1, 0.15) is 27.2 Å². The van der Waals surface area contributed by atoms with Gasteiger partial charge in [0.05, 0.1) is 0 Å². The maximum absolute atomic E-state index is 11.9. The molecule has 17 heavy (non-hydrogen) atoms. The summed E-state index contributed by atoms with van der Waals surface area (Å²) in [4.78, 5) is 24.6. The number of carbonyl (C=O) groups excluding carboxylic acids is 1. The lowest BCUT2D eigenvalue weighted by molar-refractivity contribution is -0.142. The molecular formula is C12H20N2O3. The van der Waals surface area contributed by atoms with Gasteiger partial charge in [-0.15, -0.1) is 0 Å². The Morgan fingerprint density at radius 3 is 2.41 bits per heavy atom. The van der Waals surface area contributed by atoms with E-state index in [4.69, 9.17) is 5.11 Å². The van der Waals surface area contributed by atoms with Gasteiger partial charge < -0.3 is 15.3 Å². The van der Waals surface area contributed by atoms with Crippen molar-refractivity contribution in [3.8, 4) is 0 Å². The van der Waals surface area contributed by atoms with Crippen LogP contribution in [0.2, 0.25) is 0 Å². The van der Waals surface area contributed by atoms with Gasteiger partial charge in [-0.2, -0.15) is 0 Å². The lowest BCUT2D eigenvalue weighted by Crippen LogP contribution is -2.53. The average molecular weight is 240 g/mol. The first-order valence-corrected chi connectivity index (χ1v) is 5.75. The first-order valence-electron chi connectivity index (χ1n) is 5.75. The smallest absolute Gasteiger partial charge is 0.326 e. The van der Waals surface area contributed by atoms with Crippen molar-refractivity contribution >= 4 is 12.0 Å². The SMILES string of the molecule is CC(C)(C)[C@@H](NC(=O)N1CC=CCC1)C(=O)O. The number of amides is 2. The number of hydrogen-bond acceptors (Lipinski definition) is 2. The molecule has 1 aliphatic heterocycles. The van der Waals surface area contributed by atoms with Crippen molar-refractivity contribution in [2.45, 2.75) is 33.2 Å². The fourth-order valence-corrected chi connectivity index (χ4v) is 1.69. The molecule has 0 spiro atoms. The van der Waals surface area contributed by atoms with Crippen LogP contribution in [0, 0.1) is 5.41 Å². The molecule has 0 saturated heterocycles. The van der Waals surface area contributed by atoms with Crippen LogP contribution in [0.5, 0.6) is 0 Å². The molecule has 0 bridgehead atoms. The van der Waals surface area contributed by atoms with Crippen molar-refractivity contribution in [3.05, 3.63) is 12.2 Å². The molecule has 0 saturated carbocycles. The summed E-state index contributed by atoms with van der Waals surface area (Å²) < 4.78 is 0. The van der Waals surface area contributed by atoms with Crippen molar-refractivity contribution < 1.29 is 14.7 Å². The van der Waals surface area contributed by atoms with Crippen molar-refractivity contribution in [1.82, 2.24) is 10.2 Å². The predicted octanol–water partition coefficient (Wildman–Crippen LogP) is 1.46. The minimum absolute atomic E-state index is 0.309. The number of urea groups is 1. The fourth-order valence-electron chi connectivity index (χ4n) is 1.69. The normalized spacial score (nSPS) is 17.7. The lowest BCUT2D eigenvalue weighted by atomic mass is 9.87. The summed E-state index contributed by atoms with van der Waals surface area (Å²) in [5.74, 6) is -1.00. The first kappa shape index (κ1) is 13.5. The van der Waals surface area contributed by atoms with Crippen LogP contribution in [-0.4, -0.2) is 41.1 Å². The summed E-state index contributed by atoms with van der Waals surface area (Å²) in [5, 5.41) is 11.7. The topological polar surface area (TPSA) is 69.6 Å². The number of carboxylic acid groups (broad SMARTS) is 1. The van der Waals surface area contributed by atoms with Gasteiger partial charge in [0.25, 0.3) is 0 Å². The van der Waals surface area contributed by atoms with E-state index in [1.807, 2.05) is 12.2 Å². The third-order valence-corrected chi connectivity index (χ3v) is 2.73. The van der Waals surface area contributed by atoms with Gasteiger partial charge in [0, 0.05) is 13.1 Å². The molecule has 1 atom stereocenters. The molecule has 0 aromatic heterocycles. The molecule has 5 heteroatoms. The fraction of sp³-hybridized carbons (Fsp3) is 0.667. The second-order valence-corrected chi connectivity index (χ2v) is 5.29. The van der Waals surface area contributed by atoms with Gasteiger partial charge in [0.1, 0.15) is 6.04 Å². The molecule has 2 amide bonds. The zero-order valence-electron chi connectivity index (χ0n) is 10.6. The number of hydrogen-bond donors (Lipinski definition) is 2. The summed E-state index contributed by atoms with van der Waals surface area (Å²) in [5.41, 5.74) is -0.507. The lowest BCUT2D eigenvalue weighted by Gasteiger charge is -2.31. The maximum Gasteiger partial charge on any atom is 0.326 e. The van der Waals surface area contributed by atoms with Crippen LogP contribution >= 0.6 is 0 Å². The molecule has 96 valence electrons. The van der Waals surface area contributed by atoms with Crippen LogP contribution in [0.25, 0.3) is 0 Å². The highest BCUT2D eigenvalue weighted by molar-refractivity contribution is 5.83. The third kappa shape index (κ3) is 3.76. The number of aliphatic carboxylic acids is 1. The molecule has 5 nitrogen and oxygen atoms in total. The first-order chi connectivity index (χ1) is 7.82. The molecule has 2 N–H and O–H groups in total. The van der Waals surface area contributed by atoms with E-state index in [-0.39, 0.29) is 6.03 Å². The monoisotopic (exact) mass is 240 g/mol. The summed E-state index contributed by atoms with van der Waals surface area (Å²) in [6.07, 6.45) is 4.75. The summed E-state index contributed by atoms with van der Waals surface area (Å²) in [6.45, 7) is 6.56. The van der Waals surface area contributed by atoms with Gasteiger partial charge in [-0.1, -0.05) is 32.9 Å². The summed E-state index contributed by atoms with van der Waals surface area (Å²) in [7, 11) is 0. The van der Waals surface area contributed by atoms with E-state index in [0.29, 0.717) is 13.1 Å². The van der Waals surface area contributed by atoms with Crippen LogP contribution < -0.4 is 5.32 Å². The van der Waals surface area contributed by atoms with Crippen molar-refractivity contribution in [2.75, 3.05) is 13.1 Å². The van der Waals surface area contributed by atoms with E-state index in [1.54, 1.807) is 25.7 Å². The van der Waals surface area contributed by atoms with Crippen LogP contribution in [-0.2, 0) is 4.79 Å². The minimum atomic E-state index is -1.00. The van der Waals surface area contributed by atoms with Gasteiger partial charge in [-0.25, -0.2) is 9.59 Å². The zero-order valence-corrected chi connectivity index (χ0v) is 10.6. The molecule has 0 aliphatic carbocycles. The van der Waals surface area contributed by atoms with Gasteiger partial charge in [-0.05, 0) is 11.8 Å². The Hall–Kier alpha value is -1.52. The number of rotatable bonds is 2. The van der Waals surface area contributed by atoms with Gasteiger partial charge in [-0.3, -0.25) is 0 Å². The molecule has 0 fully saturated rings. The van der Waals surface area contributed by atoms with E-state index >= 15 is 0 Å². The van der Waals surface area contributed by atoms with Crippen LogP contribution in [0.4, 0.5) is 4.79 Å². The molecule has 0 radical (unpaired) electrons. The second-order valence-electron chi connectivity index (χ2n) is 5.29. The Balaban J connectivity index is 2.64. The molecule has 0 aromatic rings. The molecule has 0 unspecified atom stereocenters. The molecule has 1 heterocycles. The van der Waals surface area contributed by atoms with Gasteiger partial charge >= 0.3 is 12.0 Å². The summed E-state index contributed by atoms with van der Waals surface area (Å²) in [6, 6.07) is -1.18. The molecular weight excluding hydrogens is 220 g/mol. The highest BCUT2D eigenvalue weighted by Gasteiger charge is 2.33. The highest BCUT2D eigenvalue weighted by Crippen LogP contribution is 2.19. The molecule has 1 aliphatic rings. The van der Waals surface area contributed by atoms with Crippen LogP contribution in [0.15, 0.2) is 12.2 Å². The Bertz CT molecular complexity index is 331. The quantitative estimate of drug-likeness (QED) is 0.718.